The summed E-state index contributed by atoms with van der Waals surface area (Å²) in [4.78, 5) is 21.9. The predicted octanol–water partition coefficient (Wildman–Crippen LogP) is 3.61. The number of amides is 1. The third kappa shape index (κ3) is 7.11. The van der Waals surface area contributed by atoms with E-state index < -0.39 is 0 Å². The molecule has 0 bridgehead atoms. The van der Waals surface area contributed by atoms with E-state index in [4.69, 9.17) is 14.5 Å². The third-order valence-electron chi connectivity index (χ3n) is 6.22. The average Bonchev–Trinajstić information content (AvgIpc) is 3.34. The number of methoxy groups -OCH3 is 1. The van der Waals surface area contributed by atoms with Crippen LogP contribution in [0.5, 0.6) is 5.75 Å². The Morgan fingerprint density at radius 1 is 1.14 bits per heavy atom. The molecule has 3 aromatic rings. The molecule has 1 amide bonds. The summed E-state index contributed by atoms with van der Waals surface area (Å²) in [5, 5.41) is 5.99. The van der Waals surface area contributed by atoms with Crippen molar-refractivity contribution in [3.8, 4) is 16.3 Å². The molecule has 35 heavy (non-hydrogen) atoms. The molecule has 1 saturated heterocycles. The van der Waals surface area contributed by atoms with Crippen molar-refractivity contribution in [3.63, 3.8) is 0 Å². The number of carbonyl (C=O) groups excluding carboxylic acids is 1. The number of ether oxygens (including phenoxy) is 2. The molecule has 0 spiro atoms. The lowest BCUT2D eigenvalue weighted by atomic mass is 10.1. The molecule has 2 heterocycles. The lowest BCUT2D eigenvalue weighted by Gasteiger charge is -2.26. The van der Waals surface area contributed by atoms with Gasteiger partial charge in [0.2, 0.25) is 5.91 Å². The first-order chi connectivity index (χ1) is 17.0. The molecule has 1 aliphatic heterocycles. The molecule has 7 nitrogen and oxygen atoms in total. The highest BCUT2D eigenvalue weighted by atomic mass is 32.1. The molecular weight excluding hydrogens is 460 g/mol. The predicted molar refractivity (Wildman–Crippen MR) is 140 cm³/mol. The van der Waals surface area contributed by atoms with Gasteiger partial charge in [0.25, 0.3) is 0 Å². The second-order valence-corrected chi connectivity index (χ2v) is 9.82. The Morgan fingerprint density at radius 3 is 2.51 bits per heavy atom. The topological polar surface area (TPSA) is 66.9 Å². The zero-order chi connectivity index (χ0) is 24.6. The smallest absolute Gasteiger partial charge is 0.226 e. The van der Waals surface area contributed by atoms with Crippen LogP contribution >= 0.6 is 11.3 Å². The van der Waals surface area contributed by atoms with E-state index in [9.17, 15) is 4.79 Å². The summed E-state index contributed by atoms with van der Waals surface area (Å²) in [6.45, 7) is 5.05. The number of hydrogen-bond donors (Lipinski definition) is 1. The highest BCUT2D eigenvalue weighted by molar-refractivity contribution is 7.13. The van der Waals surface area contributed by atoms with Crippen molar-refractivity contribution in [2.75, 3.05) is 54.1 Å². The fraction of sp³-hybridized carbons (Fsp3) is 0.407. The Bertz CT molecular complexity index is 1080. The van der Waals surface area contributed by atoms with Crippen molar-refractivity contribution >= 4 is 17.2 Å². The Morgan fingerprint density at radius 2 is 1.86 bits per heavy atom. The molecule has 1 fully saturated rings. The van der Waals surface area contributed by atoms with Gasteiger partial charge in [-0.15, -0.1) is 11.3 Å². The zero-order valence-corrected chi connectivity index (χ0v) is 21.5. The molecule has 0 aliphatic carbocycles. The quantitative estimate of drug-likeness (QED) is 0.465. The highest BCUT2D eigenvalue weighted by Gasteiger charge is 2.17. The van der Waals surface area contributed by atoms with Crippen LogP contribution in [0.3, 0.4) is 0 Å². The molecule has 0 radical (unpaired) electrons. The normalized spacial score (nSPS) is 15.2. The number of likely N-dealkylation sites (N-methyl/N-ethyl adjacent to an activating group) is 1. The maximum Gasteiger partial charge on any atom is 0.226 e. The van der Waals surface area contributed by atoms with Crippen molar-refractivity contribution < 1.29 is 14.3 Å². The molecule has 8 heteroatoms. The van der Waals surface area contributed by atoms with Crippen LogP contribution in [0, 0.1) is 0 Å². The fourth-order valence-corrected chi connectivity index (χ4v) is 4.98. The largest absolute Gasteiger partial charge is 0.497 e. The number of nitrogens with one attached hydrogen (secondary N) is 1. The number of aromatic nitrogens is 1. The van der Waals surface area contributed by atoms with Crippen LogP contribution in [0.2, 0.25) is 0 Å². The number of carbonyl (C=O) groups is 1. The highest BCUT2D eigenvalue weighted by Crippen LogP contribution is 2.25. The molecule has 1 aromatic heterocycles. The Hall–Kier alpha value is -2.78. The van der Waals surface area contributed by atoms with E-state index in [0.29, 0.717) is 6.54 Å². The van der Waals surface area contributed by atoms with Crippen LogP contribution in [-0.4, -0.2) is 74.7 Å². The van der Waals surface area contributed by atoms with E-state index in [1.165, 1.54) is 5.56 Å². The van der Waals surface area contributed by atoms with Gasteiger partial charge in [-0.25, -0.2) is 4.98 Å². The minimum atomic E-state index is -0.0249. The Labute approximate surface area is 211 Å². The van der Waals surface area contributed by atoms with Crippen LogP contribution in [0.4, 0.5) is 0 Å². The van der Waals surface area contributed by atoms with Crippen molar-refractivity contribution in [1.82, 2.24) is 20.1 Å². The summed E-state index contributed by atoms with van der Waals surface area (Å²) in [5.41, 5.74) is 4.30. The van der Waals surface area contributed by atoms with Gasteiger partial charge in [-0.05, 0) is 37.4 Å². The third-order valence-corrected chi connectivity index (χ3v) is 7.16. The maximum atomic E-state index is 12.7. The fourth-order valence-electron chi connectivity index (χ4n) is 4.15. The molecule has 0 saturated carbocycles. The van der Waals surface area contributed by atoms with Gasteiger partial charge in [0.05, 0.1) is 38.5 Å². The number of thiazole rings is 1. The minimum Gasteiger partial charge on any atom is -0.497 e. The number of morpholine rings is 1. The van der Waals surface area contributed by atoms with Gasteiger partial charge in [0.1, 0.15) is 10.8 Å². The molecule has 1 atom stereocenters. The minimum absolute atomic E-state index is 0.0249. The standard InChI is InChI=1S/C27H34N4O3S/c1-30(2)25(21-8-10-24(33-3)11-9-21)17-28-26(32)16-23-19-35-27(29-23)22-6-4-20(5-7-22)18-31-12-14-34-15-13-31/h4-11,19,25H,12-18H2,1-3H3,(H,28,32). The molecular formula is C27H34N4O3S. The van der Waals surface area contributed by atoms with Gasteiger partial charge >= 0.3 is 0 Å². The molecule has 1 unspecified atom stereocenters. The lowest BCUT2D eigenvalue weighted by Crippen LogP contribution is -2.35. The first-order valence-corrected chi connectivity index (χ1v) is 12.8. The Kier molecular flexibility index (Phi) is 8.87. The second kappa shape index (κ2) is 12.3. The monoisotopic (exact) mass is 494 g/mol. The van der Waals surface area contributed by atoms with Crippen LogP contribution in [-0.2, 0) is 22.5 Å². The van der Waals surface area contributed by atoms with E-state index in [1.54, 1.807) is 18.4 Å². The van der Waals surface area contributed by atoms with Crippen LogP contribution in [0.25, 0.3) is 10.6 Å². The first kappa shape index (κ1) is 25.3. The summed E-state index contributed by atoms with van der Waals surface area (Å²) in [5.74, 6) is 0.796. The van der Waals surface area contributed by atoms with Crippen LogP contribution < -0.4 is 10.1 Å². The number of hydrogen-bond acceptors (Lipinski definition) is 7. The first-order valence-electron chi connectivity index (χ1n) is 11.9. The average molecular weight is 495 g/mol. The second-order valence-electron chi connectivity index (χ2n) is 8.96. The molecule has 4 rings (SSSR count). The van der Waals surface area contributed by atoms with Crippen LogP contribution in [0.1, 0.15) is 22.9 Å². The molecule has 1 N–H and O–H groups in total. The number of rotatable bonds is 10. The number of nitrogens with zero attached hydrogens (tertiary/aromatic N) is 3. The van der Waals surface area contributed by atoms with Gasteiger partial charge in [-0.2, -0.15) is 0 Å². The van der Waals surface area contributed by atoms with Crippen molar-refractivity contribution in [1.29, 1.82) is 0 Å². The molecule has 1 aliphatic rings. The number of benzene rings is 2. The molecule has 186 valence electrons. The summed E-state index contributed by atoms with van der Waals surface area (Å²) in [6, 6.07) is 16.6. The van der Waals surface area contributed by atoms with Crippen molar-refractivity contribution in [3.05, 3.63) is 70.7 Å². The van der Waals surface area contributed by atoms with Crippen LogP contribution in [0.15, 0.2) is 53.9 Å². The van der Waals surface area contributed by atoms with Gasteiger partial charge in [0, 0.05) is 37.1 Å². The van der Waals surface area contributed by atoms with Gasteiger partial charge in [-0.1, -0.05) is 36.4 Å². The van der Waals surface area contributed by atoms with E-state index in [0.717, 1.165) is 60.4 Å². The SMILES string of the molecule is COc1ccc(C(CNC(=O)Cc2csc(-c3ccc(CN4CCOCC4)cc3)n2)N(C)C)cc1. The van der Waals surface area contributed by atoms with Crippen molar-refractivity contribution in [2.45, 2.75) is 19.0 Å². The zero-order valence-electron chi connectivity index (χ0n) is 20.7. The summed E-state index contributed by atoms with van der Waals surface area (Å²) in [6.07, 6.45) is 0.272. The van der Waals surface area contributed by atoms with Gasteiger partial charge < -0.3 is 19.7 Å². The van der Waals surface area contributed by atoms with E-state index in [-0.39, 0.29) is 18.4 Å². The lowest BCUT2D eigenvalue weighted by molar-refractivity contribution is -0.120. The van der Waals surface area contributed by atoms with E-state index >= 15 is 0 Å². The van der Waals surface area contributed by atoms with E-state index in [2.05, 4.69) is 39.4 Å². The summed E-state index contributed by atoms with van der Waals surface area (Å²) < 4.78 is 10.7. The van der Waals surface area contributed by atoms with Gasteiger partial charge in [-0.3, -0.25) is 9.69 Å². The summed E-state index contributed by atoms with van der Waals surface area (Å²) in [7, 11) is 5.68. The van der Waals surface area contributed by atoms with Crippen molar-refractivity contribution in [2.24, 2.45) is 0 Å². The van der Waals surface area contributed by atoms with E-state index in [1.807, 2.05) is 43.7 Å². The van der Waals surface area contributed by atoms with Gasteiger partial charge in [0.15, 0.2) is 0 Å². The maximum absolute atomic E-state index is 12.7. The Balaban J connectivity index is 1.30. The molecule has 2 aromatic carbocycles. The summed E-state index contributed by atoms with van der Waals surface area (Å²) >= 11 is 1.58.